The largest absolute Gasteiger partial charge is 0.494 e. The van der Waals surface area contributed by atoms with Crippen LogP contribution in [-0.2, 0) is 17.8 Å². The van der Waals surface area contributed by atoms with Crippen molar-refractivity contribution in [3.05, 3.63) is 77.1 Å². The van der Waals surface area contributed by atoms with E-state index in [0.29, 0.717) is 38.2 Å². The zero-order chi connectivity index (χ0) is 27.1. The lowest BCUT2D eigenvalue weighted by Gasteiger charge is -2.36. The summed E-state index contributed by atoms with van der Waals surface area (Å²) < 4.78 is 5.70. The first-order chi connectivity index (χ1) is 18.4. The highest BCUT2D eigenvalue weighted by Gasteiger charge is 2.32. The predicted molar refractivity (Wildman–Crippen MR) is 146 cm³/mol. The van der Waals surface area contributed by atoms with Gasteiger partial charge in [-0.3, -0.25) is 19.5 Å². The molecule has 0 radical (unpaired) electrons. The van der Waals surface area contributed by atoms with E-state index >= 15 is 0 Å². The second-order valence-corrected chi connectivity index (χ2v) is 9.97. The normalized spacial score (nSPS) is 14.9. The fraction of sp³-hybridized carbons (Fsp3) is 0.448. The van der Waals surface area contributed by atoms with Crippen molar-refractivity contribution in [1.82, 2.24) is 30.1 Å². The fourth-order valence-electron chi connectivity index (χ4n) is 4.98. The highest BCUT2D eigenvalue weighted by Crippen LogP contribution is 2.30. The number of ether oxygens (including phenoxy) is 1. The third kappa shape index (κ3) is 6.58. The van der Waals surface area contributed by atoms with Gasteiger partial charge in [-0.2, -0.15) is 0 Å². The maximum absolute atomic E-state index is 13.4. The average Bonchev–Trinajstić information content (AvgIpc) is 3.44. The van der Waals surface area contributed by atoms with Crippen LogP contribution in [-0.4, -0.2) is 76.4 Å². The van der Waals surface area contributed by atoms with Crippen LogP contribution in [0.5, 0.6) is 5.75 Å². The third-order valence-electron chi connectivity index (χ3n) is 7.09. The molecule has 38 heavy (non-hydrogen) atoms. The molecule has 9 nitrogen and oxygen atoms in total. The van der Waals surface area contributed by atoms with E-state index < -0.39 is 0 Å². The number of hydrogen-bond donors (Lipinski definition) is 2. The Balaban J connectivity index is 1.42. The van der Waals surface area contributed by atoms with Crippen LogP contribution in [0.2, 0.25) is 0 Å². The summed E-state index contributed by atoms with van der Waals surface area (Å²) >= 11 is 0. The van der Waals surface area contributed by atoms with E-state index in [0.717, 1.165) is 41.2 Å². The highest BCUT2D eigenvalue weighted by atomic mass is 16.5. The number of carbonyl (C=O) groups is 2. The summed E-state index contributed by atoms with van der Waals surface area (Å²) in [5.74, 6) is 0.856. The number of carbonyl (C=O) groups excluding carboxylic acids is 2. The lowest BCUT2D eigenvalue weighted by Crippen LogP contribution is -2.49. The molecule has 2 aromatic heterocycles. The van der Waals surface area contributed by atoms with Crippen molar-refractivity contribution in [2.24, 2.45) is 0 Å². The number of pyridine rings is 1. The van der Waals surface area contributed by atoms with Crippen molar-refractivity contribution in [3.8, 4) is 5.75 Å². The molecule has 3 aromatic rings. The number of likely N-dealkylation sites (tertiary alicyclic amines) is 1. The minimum absolute atomic E-state index is 0.112. The third-order valence-corrected chi connectivity index (χ3v) is 7.09. The van der Waals surface area contributed by atoms with E-state index in [1.807, 2.05) is 74.1 Å². The van der Waals surface area contributed by atoms with Crippen molar-refractivity contribution in [3.63, 3.8) is 0 Å². The van der Waals surface area contributed by atoms with Gasteiger partial charge in [0, 0.05) is 55.1 Å². The van der Waals surface area contributed by atoms with E-state index in [1.165, 1.54) is 0 Å². The van der Waals surface area contributed by atoms with Gasteiger partial charge in [0.15, 0.2) is 0 Å². The number of nitrogens with one attached hydrogen (secondary N) is 2. The predicted octanol–water partition coefficient (Wildman–Crippen LogP) is 3.32. The molecule has 0 bridgehead atoms. The smallest absolute Gasteiger partial charge is 0.253 e. The number of nitrogens with zero attached hydrogens (tertiary/aromatic N) is 4. The number of hydrogen-bond acceptors (Lipinski definition) is 6. The molecule has 0 aliphatic carbocycles. The Hall–Kier alpha value is -3.72. The average molecular weight is 519 g/mol. The molecule has 1 saturated heterocycles. The monoisotopic (exact) mass is 518 g/mol. The van der Waals surface area contributed by atoms with E-state index in [4.69, 9.17) is 9.72 Å². The molecule has 1 fully saturated rings. The topological polar surface area (TPSA) is 103 Å². The molecular formula is C29H38N6O3. The number of aromatic amines is 1. The number of likely N-dealkylation sites (N-methyl/N-ethyl adjacent to an activating group) is 1. The van der Waals surface area contributed by atoms with Crippen LogP contribution in [0.15, 0.2) is 48.9 Å². The van der Waals surface area contributed by atoms with Crippen LogP contribution in [0, 0.1) is 6.92 Å². The molecule has 0 saturated carbocycles. The lowest BCUT2D eigenvalue weighted by molar-refractivity contribution is -0.137. The maximum Gasteiger partial charge on any atom is 0.253 e. The lowest BCUT2D eigenvalue weighted by atomic mass is 9.89. The molecule has 1 aliphatic heterocycles. The Morgan fingerprint density at radius 2 is 1.95 bits per heavy atom. The highest BCUT2D eigenvalue weighted by molar-refractivity contribution is 5.95. The van der Waals surface area contributed by atoms with Crippen molar-refractivity contribution in [2.45, 2.75) is 51.6 Å². The van der Waals surface area contributed by atoms with E-state index in [1.54, 1.807) is 12.5 Å². The minimum atomic E-state index is -0.259. The van der Waals surface area contributed by atoms with Crippen LogP contribution < -0.4 is 10.1 Å². The molecule has 4 rings (SSSR count). The molecule has 3 heterocycles. The Morgan fingerprint density at radius 1 is 1.18 bits per heavy atom. The summed E-state index contributed by atoms with van der Waals surface area (Å²) in [7, 11) is 3.86. The van der Waals surface area contributed by atoms with Gasteiger partial charge < -0.3 is 19.9 Å². The fourth-order valence-corrected chi connectivity index (χ4v) is 4.98. The molecule has 9 heteroatoms. The minimum Gasteiger partial charge on any atom is -0.494 e. The molecule has 0 spiro atoms. The summed E-state index contributed by atoms with van der Waals surface area (Å²) in [5, 5.41) is 3.05. The molecule has 202 valence electrons. The zero-order valence-corrected chi connectivity index (χ0v) is 22.7. The number of imidazole rings is 1. The van der Waals surface area contributed by atoms with Gasteiger partial charge in [0.1, 0.15) is 5.75 Å². The van der Waals surface area contributed by atoms with E-state index in [-0.39, 0.29) is 23.8 Å². The first-order valence-electron chi connectivity index (χ1n) is 13.3. The second kappa shape index (κ2) is 12.7. The first-order valence-corrected chi connectivity index (χ1v) is 13.3. The van der Waals surface area contributed by atoms with Gasteiger partial charge >= 0.3 is 0 Å². The number of benzene rings is 1. The number of piperidine rings is 1. The van der Waals surface area contributed by atoms with E-state index in [9.17, 15) is 9.59 Å². The molecule has 2 N–H and O–H groups in total. The Morgan fingerprint density at radius 3 is 2.63 bits per heavy atom. The van der Waals surface area contributed by atoms with Crippen molar-refractivity contribution in [2.75, 3.05) is 33.8 Å². The SMILES string of the molecule is CCOc1ccccc1CNC(=O)c1ccc(C)nc1C1CCN(C(=O)C(Cc2cnc[nH]2)N(C)C)CC1. The van der Waals surface area contributed by atoms with Gasteiger partial charge in [0.25, 0.3) is 5.91 Å². The van der Waals surface area contributed by atoms with Gasteiger partial charge in [-0.15, -0.1) is 0 Å². The Labute approximate surface area is 224 Å². The van der Waals surface area contributed by atoms with Crippen LogP contribution >= 0.6 is 0 Å². The second-order valence-electron chi connectivity index (χ2n) is 9.97. The first kappa shape index (κ1) is 27.3. The molecule has 2 amide bonds. The standard InChI is InChI=1S/C29H38N6O3/c1-5-38-26-9-7-6-8-22(26)17-31-28(36)24-11-10-20(2)33-27(24)21-12-14-35(15-13-21)29(37)25(34(3)4)16-23-18-30-19-32-23/h6-11,18-19,21,25H,5,12-17H2,1-4H3,(H,30,32)(H,31,36). The van der Waals surface area contributed by atoms with Crippen LogP contribution in [0.3, 0.4) is 0 Å². The number of para-hydroxylation sites is 1. The summed E-state index contributed by atoms with van der Waals surface area (Å²) in [4.78, 5) is 42.5. The summed E-state index contributed by atoms with van der Waals surface area (Å²) in [6, 6.07) is 11.2. The Bertz CT molecular complexity index is 1220. The van der Waals surface area contributed by atoms with Gasteiger partial charge in [-0.05, 0) is 59.0 Å². The molecule has 1 aliphatic rings. The van der Waals surface area contributed by atoms with Crippen molar-refractivity contribution in [1.29, 1.82) is 0 Å². The summed E-state index contributed by atoms with van der Waals surface area (Å²) in [6.45, 7) is 6.09. The Kier molecular flexibility index (Phi) is 9.12. The van der Waals surface area contributed by atoms with Crippen molar-refractivity contribution >= 4 is 11.8 Å². The van der Waals surface area contributed by atoms with Gasteiger partial charge in [-0.1, -0.05) is 18.2 Å². The molecule has 1 aromatic carbocycles. The van der Waals surface area contributed by atoms with Gasteiger partial charge in [-0.25, -0.2) is 4.98 Å². The van der Waals surface area contributed by atoms with Crippen LogP contribution in [0.1, 0.15) is 58.7 Å². The quantitative estimate of drug-likeness (QED) is 0.427. The molecule has 1 atom stereocenters. The number of aryl methyl sites for hydroxylation is 1. The molecule has 1 unspecified atom stereocenters. The molecular weight excluding hydrogens is 480 g/mol. The number of aromatic nitrogens is 3. The number of rotatable bonds is 10. The zero-order valence-electron chi connectivity index (χ0n) is 22.7. The van der Waals surface area contributed by atoms with Crippen LogP contribution in [0.25, 0.3) is 0 Å². The van der Waals surface area contributed by atoms with Gasteiger partial charge in [0.2, 0.25) is 5.91 Å². The van der Waals surface area contributed by atoms with Gasteiger partial charge in [0.05, 0.1) is 30.2 Å². The maximum atomic E-state index is 13.4. The number of amides is 2. The number of H-pyrrole nitrogens is 1. The van der Waals surface area contributed by atoms with E-state index in [2.05, 4.69) is 15.3 Å². The van der Waals surface area contributed by atoms with Crippen LogP contribution in [0.4, 0.5) is 0 Å². The van der Waals surface area contributed by atoms with Crippen molar-refractivity contribution < 1.29 is 14.3 Å². The summed E-state index contributed by atoms with van der Waals surface area (Å²) in [6.07, 6.45) is 5.52. The summed E-state index contributed by atoms with van der Waals surface area (Å²) in [5.41, 5.74) is 4.16.